The molecule has 6 heteroatoms. The lowest BCUT2D eigenvalue weighted by atomic mass is 10.1. The second-order valence-electron chi connectivity index (χ2n) is 6.40. The number of amides is 2. The molecule has 152 valence electrons. The number of methoxy groups -OCH3 is 2. The average molecular weight is 402 g/mol. The van der Waals surface area contributed by atoms with Crippen molar-refractivity contribution in [3.8, 4) is 11.5 Å². The highest BCUT2D eigenvalue weighted by molar-refractivity contribution is 6.45. The van der Waals surface area contributed by atoms with Crippen LogP contribution in [0, 0.1) is 0 Å². The largest absolute Gasteiger partial charge is 0.497 e. The molecule has 0 aliphatic rings. The summed E-state index contributed by atoms with van der Waals surface area (Å²) in [6.07, 6.45) is 0.143. The van der Waals surface area contributed by atoms with Crippen LogP contribution in [0.25, 0.3) is 0 Å². The molecule has 0 saturated heterocycles. The van der Waals surface area contributed by atoms with Gasteiger partial charge in [0.15, 0.2) is 0 Å². The summed E-state index contributed by atoms with van der Waals surface area (Å²) in [6.45, 7) is 0. The van der Waals surface area contributed by atoms with Gasteiger partial charge in [0.05, 0.1) is 14.2 Å². The summed E-state index contributed by atoms with van der Waals surface area (Å²) in [7, 11) is 3.13. The van der Waals surface area contributed by atoms with E-state index in [0.29, 0.717) is 22.7 Å². The van der Waals surface area contributed by atoms with Crippen molar-refractivity contribution in [1.82, 2.24) is 0 Å². The Morgan fingerprint density at radius 1 is 0.833 bits per heavy atom. The van der Waals surface area contributed by atoms with Gasteiger partial charge in [-0.1, -0.05) is 36.4 Å². The highest BCUT2D eigenvalue weighted by Gasteiger charge is 2.17. The fraction of sp³-hybridized carbons (Fsp3) is 0.125. The van der Waals surface area contributed by atoms with Gasteiger partial charge in [0.1, 0.15) is 17.2 Å². The molecule has 0 saturated carbocycles. The number of benzene rings is 3. The van der Waals surface area contributed by atoms with E-state index in [1.807, 2.05) is 24.3 Å². The Bertz CT molecular complexity index is 1040. The Morgan fingerprint density at radius 2 is 1.50 bits per heavy atom. The summed E-state index contributed by atoms with van der Waals surface area (Å²) in [6, 6.07) is 22.9. The van der Waals surface area contributed by atoms with Gasteiger partial charge in [0, 0.05) is 23.2 Å². The topological polar surface area (TPSA) is 77.0 Å². The van der Waals surface area contributed by atoms with Gasteiger partial charge in [-0.2, -0.15) is 0 Å². The van der Waals surface area contributed by atoms with Crippen LogP contribution in [0.1, 0.15) is 15.9 Å². The summed E-state index contributed by atoms with van der Waals surface area (Å²) < 4.78 is 10.5. The maximum atomic E-state index is 13.0. The Hall–Kier alpha value is -3.93. The zero-order valence-electron chi connectivity index (χ0n) is 16.8. The van der Waals surface area contributed by atoms with E-state index in [2.05, 4.69) is 10.3 Å². The normalized spacial score (nSPS) is 10.9. The van der Waals surface area contributed by atoms with E-state index in [4.69, 9.17) is 9.47 Å². The molecule has 1 N–H and O–H groups in total. The second-order valence-corrected chi connectivity index (χ2v) is 6.40. The highest BCUT2D eigenvalue weighted by Crippen LogP contribution is 2.20. The van der Waals surface area contributed by atoms with Crippen molar-refractivity contribution in [3.63, 3.8) is 0 Å². The van der Waals surface area contributed by atoms with Crippen molar-refractivity contribution in [2.45, 2.75) is 6.42 Å². The molecule has 0 radical (unpaired) electrons. The summed E-state index contributed by atoms with van der Waals surface area (Å²) in [5, 5.41) is 2.79. The van der Waals surface area contributed by atoms with Crippen molar-refractivity contribution in [2.75, 3.05) is 19.5 Å². The van der Waals surface area contributed by atoms with Crippen molar-refractivity contribution >= 4 is 23.2 Å². The first-order valence-corrected chi connectivity index (χ1v) is 9.35. The van der Waals surface area contributed by atoms with Gasteiger partial charge in [-0.15, -0.1) is 0 Å². The Kier molecular flexibility index (Phi) is 6.95. The zero-order valence-corrected chi connectivity index (χ0v) is 16.8. The highest BCUT2D eigenvalue weighted by atomic mass is 16.5. The van der Waals surface area contributed by atoms with Crippen molar-refractivity contribution in [3.05, 3.63) is 90.0 Å². The van der Waals surface area contributed by atoms with Gasteiger partial charge in [-0.25, -0.2) is 4.99 Å². The molecule has 3 aromatic carbocycles. The van der Waals surface area contributed by atoms with Gasteiger partial charge in [0.2, 0.25) is 0 Å². The first-order chi connectivity index (χ1) is 14.6. The quantitative estimate of drug-likeness (QED) is 0.602. The van der Waals surface area contributed by atoms with Gasteiger partial charge in [-0.05, 0) is 42.5 Å². The molecule has 0 atom stereocenters. The smallest absolute Gasteiger partial charge is 0.277 e. The van der Waals surface area contributed by atoms with Crippen LogP contribution in [0.3, 0.4) is 0 Å². The minimum Gasteiger partial charge on any atom is -0.497 e. The summed E-state index contributed by atoms with van der Waals surface area (Å²) in [5.41, 5.74) is 1.82. The fourth-order valence-electron chi connectivity index (χ4n) is 2.85. The number of hydrogen-bond donors (Lipinski definition) is 1. The fourth-order valence-corrected chi connectivity index (χ4v) is 2.85. The molecule has 3 aromatic rings. The summed E-state index contributed by atoms with van der Waals surface area (Å²) in [5.74, 6) is 0.352. The van der Waals surface area contributed by atoms with Crippen LogP contribution in [0.5, 0.6) is 11.5 Å². The van der Waals surface area contributed by atoms with Crippen molar-refractivity contribution in [2.24, 2.45) is 4.99 Å². The molecule has 0 heterocycles. The minimum atomic E-state index is -0.481. The second kappa shape index (κ2) is 10.0. The maximum absolute atomic E-state index is 13.0. The molecule has 0 fully saturated rings. The third-order valence-corrected chi connectivity index (χ3v) is 4.42. The van der Waals surface area contributed by atoms with E-state index in [9.17, 15) is 9.59 Å². The zero-order chi connectivity index (χ0) is 21.3. The maximum Gasteiger partial charge on any atom is 0.277 e. The number of nitrogens with zero attached hydrogens (tertiary/aromatic N) is 1. The van der Waals surface area contributed by atoms with Crippen LogP contribution in [-0.2, 0) is 11.2 Å². The standard InChI is InChI=1S/C24H22N2O4/c1-29-20-14-12-19(13-15-20)25-24(28)21(16-18-10-6-7-11-22(18)30-2)26-23(27)17-8-4-3-5-9-17/h3-15H,16H2,1-2H3,(H,25,28). The Balaban J connectivity index is 1.90. The van der Waals surface area contributed by atoms with Crippen LogP contribution in [0.4, 0.5) is 5.69 Å². The molecule has 0 aliphatic carbocycles. The molecular weight excluding hydrogens is 380 g/mol. The van der Waals surface area contributed by atoms with E-state index >= 15 is 0 Å². The Morgan fingerprint density at radius 3 is 2.17 bits per heavy atom. The molecule has 2 amide bonds. The number of nitrogens with one attached hydrogen (secondary N) is 1. The average Bonchev–Trinajstić information content (AvgIpc) is 2.80. The molecule has 0 spiro atoms. The lowest BCUT2D eigenvalue weighted by Gasteiger charge is -2.11. The number of rotatable bonds is 7. The molecule has 0 unspecified atom stereocenters. The third kappa shape index (κ3) is 5.32. The molecule has 0 aliphatic heterocycles. The predicted molar refractivity (Wildman–Crippen MR) is 117 cm³/mol. The molecular formula is C24H22N2O4. The van der Waals surface area contributed by atoms with E-state index < -0.39 is 11.8 Å². The van der Waals surface area contributed by atoms with Gasteiger partial charge < -0.3 is 14.8 Å². The molecule has 6 nitrogen and oxygen atoms in total. The van der Waals surface area contributed by atoms with E-state index in [1.165, 1.54) is 0 Å². The Labute approximate surface area is 175 Å². The van der Waals surface area contributed by atoms with E-state index in [-0.39, 0.29) is 12.1 Å². The molecule has 3 rings (SSSR count). The molecule has 0 bridgehead atoms. The number of para-hydroxylation sites is 1. The van der Waals surface area contributed by atoms with Crippen molar-refractivity contribution < 1.29 is 19.1 Å². The first-order valence-electron chi connectivity index (χ1n) is 9.35. The summed E-state index contributed by atoms with van der Waals surface area (Å²) >= 11 is 0. The van der Waals surface area contributed by atoms with Gasteiger partial charge in [-0.3, -0.25) is 9.59 Å². The van der Waals surface area contributed by atoms with Crippen LogP contribution in [0.15, 0.2) is 83.9 Å². The predicted octanol–water partition coefficient (Wildman–Crippen LogP) is 4.17. The van der Waals surface area contributed by atoms with Crippen LogP contribution < -0.4 is 14.8 Å². The third-order valence-electron chi connectivity index (χ3n) is 4.42. The summed E-state index contributed by atoms with van der Waals surface area (Å²) in [4.78, 5) is 29.7. The van der Waals surface area contributed by atoms with Crippen molar-refractivity contribution in [1.29, 1.82) is 0 Å². The lowest BCUT2D eigenvalue weighted by molar-refractivity contribution is -0.110. The van der Waals surface area contributed by atoms with E-state index in [1.54, 1.807) is 68.8 Å². The van der Waals surface area contributed by atoms with Gasteiger partial charge in [0.25, 0.3) is 11.8 Å². The number of anilines is 1. The van der Waals surface area contributed by atoms with Crippen LogP contribution >= 0.6 is 0 Å². The number of hydrogen-bond acceptors (Lipinski definition) is 4. The SMILES string of the molecule is COc1ccc(NC(=O)C(Cc2ccccc2OC)=NC(=O)c2ccccc2)cc1. The molecule has 30 heavy (non-hydrogen) atoms. The number of aliphatic imine (C=N–C) groups is 1. The van der Waals surface area contributed by atoms with E-state index in [0.717, 1.165) is 5.56 Å². The lowest BCUT2D eigenvalue weighted by Crippen LogP contribution is -2.26. The number of ether oxygens (including phenoxy) is 2. The number of carbonyl (C=O) groups excluding carboxylic acids is 2. The van der Waals surface area contributed by atoms with Gasteiger partial charge >= 0.3 is 0 Å². The van der Waals surface area contributed by atoms with Crippen LogP contribution in [0.2, 0.25) is 0 Å². The minimum absolute atomic E-state index is 0.0872. The first kappa shape index (κ1) is 20.8. The molecule has 0 aromatic heterocycles. The van der Waals surface area contributed by atoms with Crippen LogP contribution in [-0.4, -0.2) is 31.7 Å². The number of carbonyl (C=O) groups is 2. The monoisotopic (exact) mass is 402 g/mol.